The molecule has 0 fully saturated rings. The molecule has 1 aromatic carbocycles. The number of methoxy groups -OCH3 is 1. The van der Waals surface area contributed by atoms with Crippen LogP contribution in [0.4, 0.5) is 0 Å². The molecule has 1 aromatic heterocycles. The van der Waals surface area contributed by atoms with Crippen LogP contribution in [0.1, 0.15) is 17.2 Å². The second kappa shape index (κ2) is 7.56. The average Bonchev–Trinajstić information content (AvgIpc) is 2.54. The monoisotopic (exact) mass is 299 g/mol. The van der Waals surface area contributed by atoms with Crippen molar-refractivity contribution in [3.8, 4) is 5.75 Å². The van der Waals surface area contributed by atoms with Crippen molar-refractivity contribution >= 4 is 5.91 Å². The molecule has 0 bridgehead atoms. The Morgan fingerprint density at radius 1 is 1.27 bits per heavy atom. The summed E-state index contributed by atoms with van der Waals surface area (Å²) in [5, 5.41) is 2.97. The Hall–Kier alpha value is -2.40. The van der Waals surface area contributed by atoms with Gasteiger partial charge in [-0.05, 0) is 43.4 Å². The highest BCUT2D eigenvalue weighted by Gasteiger charge is 2.22. The van der Waals surface area contributed by atoms with Gasteiger partial charge in [0.25, 0.3) is 0 Å². The average molecular weight is 299 g/mol. The van der Waals surface area contributed by atoms with Crippen LogP contribution in [0.15, 0.2) is 48.8 Å². The maximum Gasteiger partial charge on any atom is 0.242 e. The molecule has 5 nitrogen and oxygen atoms in total. The van der Waals surface area contributed by atoms with Crippen molar-refractivity contribution in [3.05, 3.63) is 59.9 Å². The molecule has 5 heteroatoms. The highest BCUT2D eigenvalue weighted by atomic mass is 16.5. The molecule has 1 heterocycles. The molecule has 0 radical (unpaired) electrons. The van der Waals surface area contributed by atoms with Crippen LogP contribution < -0.4 is 10.1 Å². The van der Waals surface area contributed by atoms with Gasteiger partial charge in [-0.3, -0.25) is 14.7 Å². The number of hydrogen-bond donors (Lipinski definition) is 1. The number of pyridine rings is 1. The summed E-state index contributed by atoms with van der Waals surface area (Å²) >= 11 is 0. The number of hydrogen-bond acceptors (Lipinski definition) is 4. The maximum absolute atomic E-state index is 12.5. The predicted octanol–water partition coefficient (Wildman–Crippen LogP) is 2.01. The maximum atomic E-state index is 12.5. The fraction of sp³-hybridized carbons (Fsp3) is 0.294. The fourth-order valence-electron chi connectivity index (χ4n) is 2.25. The van der Waals surface area contributed by atoms with Gasteiger partial charge in [0, 0.05) is 18.9 Å². The van der Waals surface area contributed by atoms with Crippen LogP contribution in [0.25, 0.3) is 0 Å². The summed E-state index contributed by atoms with van der Waals surface area (Å²) in [7, 11) is 5.39. The van der Waals surface area contributed by atoms with E-state index in [0.29, 0.717) is 6.54 Å². The molecule has 116 valence electrons. The molecule has 0 spiro atoms. The number of nitrogens with one attached hydrogen (secondary N) is 1. The van der Waals surface area contributed by atoms with Crippen molar-refractivity contribution in [3.63, 3.8) is 0 Å². The van der Waals surface area contributed by atoms with Gasteiger partial charge in [0.15, 0.2) is 0 Å². The van der Waals surface area contributed by atoms with Crippen LogP contribution in [-0.4, -0.2) is 37.0 Å². The molecular weight excluding hydrogens is 278 g/mol. The van der Waals surface area contributed by atoms with Crippen molar-refractivity contribution in [2.75, 3.05) is 21.2 Å². The molecule has 2 aromatic rings. The first kappa shape index (κ1) is 16.0. The zero-order valence-corrected chi connectivity index (χ0v) is 13.1. The third-order valence-electron chi connectivity index (χ3n) is 3.39. The largest absolute Gasteiger partial charge is 0.497 e. The number of carbonyl (C=O) groups is 1. The lowest BCUT2D eigenvalue weighted by molar-refractivity contribution is -0.125. The SMILES string of the molecule is COc1ccc(CNC(=O)C(c2cccnc2)N(C)C)cc1. The summed E-state index contributed by atoms with van der Waals surface area (Å²) in [5.41, 5.74) is 1.90. The van der Waals surface area contributed by atoms with Crippen molar-refractivity contribution in [2.45, 2.75) is 12.6 Å². The first-order valence-corrected chi connectivity index (χ1v) is 7.09. The number of nitrogens with zero attached hydrogens (tertiary/aromatic N) is 2. The van der Waals surface area contributed by atoms with E-state index in [1.165, 1.54) is 0 Å². The predicted molar refractivity (Wildman–Crippen MR) is 85.5 cm³/mol. The van der Waals surface area contributed by atoms with Crippen LogP contribution >= 0.6 is 0 Å². The molecule has 0 saturated heterocycles. The van der Waals surface area contributed by atoms with Gasteiger partial charge < -0.3 is 10.1 Å². The number of ether oxygens (including phenoxy) is 1. The van der Waals surface area contributed by atoms with E-state index in [2.05, 4.69) is 10.3 Å². The summed E-state index contributed by atoms with van der Waals surface area (Å²) in [6.07, 6.45) is 3.42. The van der Waals surface area contributed by atoms with Gasteiger partial charge in [-0.2, -0.15) is 0 Å². The van der Waals surface area contributed by atoms with E-state index in [4.69, 9.17) is 4.74 Å². The molecule has 1 amide bonds. The van der Waals surface area contributed by atoms with Crippen molar-refractivity contribution in [2.24, 2.45) is 0 Å². The highest BCUT2D eigenvalue weighted by Crippen LogP contribution is 2.17. The number of rotatable bonds is 6. The Labute approximate surface area is 130 Å². The minimum Gasteiger partial charge on any atom is -0.497 e. The molecule has 0 saturated carbocycles. The summed E-state index contributed by atoms with van der Waals surface area (Å²) in [5.74, 6) is 0.755. The lowest BCUT2D eigenvalue weighted by atomic mass is 10.1. The Morgan fingerprint density at radius 3 is 2.55 bits per heavy atom. The Kier molecular flexibility index (Phi) is 5.49. The standard InChI is InChI=1S/C17H21N3O2/c1-20(2)16(14-5-4-10-18-12-14)17(21)19-11-13-6-8-15(22-3)9-7-13/h4-10,12,16H,11H2,1-3H3,(H,19,21). The van der Waals surface area contributed by atoms with E-state index in [9.17, 15) is 4.79 Å². The third kappa shape index (κ3) is 4.05. The van der Waals surface area contributed by atoms with Crippen LogP contribution in [0.3, 0.4) is 0 Å². The van der Waals surface area contributed by atoms with Gasteiger partial charge in [-0.25, -0.2) is 0 Å². The molecule has 1 unspecified atom stereocenters. The van der Waals surface area contributed by atoms with Crippen LogP contribution in [0.2, 0.25) is 0 Å². The van der Waals surface area contributed by atoms with Crippen LogP contribution in [0, 0.1) is 0 Å². The molecule has 0 aliphatic carbocycles. The second-order valence-corrected chi connectivity index (χ2v) is 5.22. The number of aromatic nitrogens is 1. The fourth-order valence-corrected chi connectivity index (χ4v) is 2.25. The summed E-state index contributed by atoms with van der Waals surface area (Å²) in [6, 6.07) is 11.0. The van der Waals surface area contributed by atoms with Crippen LogP contribution in [-0.2, 0) is 11.3 Å². The first-order valence-electron chi connectivity index (χ1n) is 7.09. The van der Waals surface area contributed by atoms with Crippen molar-refractivity contribution in [1.29, 1.82) is 0 Å². The van der Waals surface area contributed by atoms with Gasteiger partial charge in [0.1, 0.15) is 11.8 Å². The van der Waals surface area contributed by atoms with Gasteiger partial charge in [-0.1, -0.05) is 18.2 Å². The van der Waals surface area contributed by atoms with Gasteiger partial charge >= 0.3 is 0 Å². The van der Waals surface area contributed by atoms with Gasteiger partial charge in [0.2, 0.25) is 5.91 Å². The number of amides is 1. The number of carbonyl (C=O) groups excluding carboxylic acids is 1. The van der Waals surface area contributed by atoms with Crippen LogP contribution in [0.5, 0.6) is 5.75 Å². The quantitative estimate of drug-likeness (QED) is 0.886. The van der Waals surface area contributed by atoms with E-state index in [1.54, 1.807) is 19.5 Å². The minimum absolute atomic E-state index is 0.0474. The first-order chi connectivity index (χ1) is 10.6. The Balaban J connectivity index is 2.02. The van der Waals surface area contributed by atoms with E-state index in [0.717, 1.165) is 16.9 Å². The third-order valence-corrected chi connectivity index (χ3v) is 3.39. The van der Waals surface area contributed by atoms with Gasteiger partial charge in [0.05, 0.1) is 7.11 Å². The van der Waals surface area contributed by atoms with E-state index in [-0.39, 0.29) is 11.9 Å². The molecule has 0 aliphatic heterocycles. The molecule has 1 atom stereocenters. The molecule has 22 heavy (non-hydrogen) atoms. The molecule has 0 aliphatic rings. The normalized spacial score (nSPS) is 12.0. The molecule has 2 rings (SSSR count). The lowest BCUT2D eigenvalue weighted by Crippen LogP contribution is -2.36. The topological polar surface area (TPSA) is 54.5 Å². The summed E-state index contributed by atoms with van der Waals surface area (Å²) in [6.45, 7) is 0.480. The van der Waals surface area contributed by atoms with E-state index >= 15 is 0 Å². The highest BCUT2D eigenvalue weighted by molar-refractivity contribution is 5.83. The molecular formula is C17H21N3O2. The second-order valence-electron chi connectivity index (χ2n) is 5.22. The summed E-state index contributed by atoms with van der Waals surface area (Å²) in [4.78, 5) is 18.4. The number of likely N-dealkylation sites (N-methyl/N-ethyl adjacent to an activating group) is 1. The Morgan fingerprint density at radius 2 is 2.00 bits per heavy atom. The minimum atomic E-state index is -0.355. The lowest BCUT2D eigenvalue weighted by Gasteiger charge is -2.23. The van der Waals surface area contributed by atoms with Gasteiger partial charge in [-0.15, -0.1) is 0 Å². The summed E-state index contributed by atoms with van der Waals surface area (Å²) < 4.78 is 5.12. The number of benzene rings is 1. The molecule has 1 N–H and O–H groups in total. The van der Waals surface area contributed by atoms with Crippen molar-refractivity contribution < 1.29 is 9.53 Å². The Bertz CT molecular complexity index is 597. The zero-order valence-electron chi connectivity index (χ0n) is 13.1. The van der Waals surface area contributed by atoms with E-state index < -0.39 is 0 Å². The zero-order chi connectivity index (χ0) is 15.9. The van der Waals surface area contributed by atoms with Crippen molar-refractivity contribution in [1.82, 2.24) is 15.2 Å². The smallest absolute Gasteiger partial charge is 0.242 e. The van der Waals surface area contributed by atoms with E-state index in [1.807, 2.05) is 55.4 Å².